The number of methoxy groups -OCH3 is 1. The van der Waals surface area contributed by atoms with Crippen molar-refractivity contribution in [2.45, 2.75) is 33.4 Å². The molecule has 0 aliphatic heterocycles. The summed E-state index contributed by atoms with van der Waals surface area (Å²) in [5.74, 6) is 0.957. The highest BCUT2D eigenvalue weighted by atomic mass is 16.5. The van der Waals surface area contributed by atoms with Gasteiger partial charge >= 0.3 is 0 Å². The monoisotopic (exact) mass is 370 g/mol. The van der Waals surface area contributed by atoms with Crippen LogP contribution < -0.4 is 15.8 Å². The fourth-order valence-corrected chi connectivity index (χ4v) is 2.64. The molecule has 10 heteroatoms. The van der Waals surface area contributed by atoms with E-state index in [-0.39, 0.29) is 18.4 Å². The molecule has 0 saturated heterocycles. The number of anilines is 2. The maximum absolute atomic E-state index is 12.4. The number of rotatable bonds is 7. The third kappa shape index (κ3) is 4.40. The van der Waals surface area contributed by atoms with Crippen molar-refractivity contribution in [1.29, 1.82) is 0 Å². The molecule has 0 bridgehead atoms. The number of nitrogens with one attached hydrogen (secondary N) is 1. The van der Waals surface area contributed by atoms with Crippen LogP contribution in [0.3, 0.4) is 0 Å². The Morgan fingerprint density at radius 2 is 2.15 bits per heavy atom. The molecule has 0 radical (unpaired) electrons. The van der Waals surface area contributed by atoms with Crippen LogP contribution >= 0.6 is 0 Å². The molecule has 0 aromatic carbocycles. The molecule has 0 unspecified atom stereocenters. The lowest BCUT2D eigenvalue weighted by molar-refractivity contribution is -0.116. The summed E-state index contributed by atoms with van der Waals surface area (Å²) in [4.78, 5) is 20.5. The van der Waals surface area contributed by atoms with Crippen molar-refractivity contribution in [2.75, 3.05) is 18.2 Å². The Morgan fingerprint density at radius 3 is 2.89 bits per heavy atom. The van der Waals surface area contributed by atoms with Crippen molar-refractivity contribution in [3.05, 3.63) is 30.2 Å². The zero-order valence-corrected chi connectivity index (χ0v) is 15.5. The van der Waals surface area contributed by atoms with E-state index in [0.29, 0.717) is 23.0 Å². The molecule has 3 N–H and O–H groups in total. The van der Waals surface area contributed by atoms with Crippen LogP contribution in [0.4, 0.5) is 11.8 Å². The fourth-order valence-electron chi connectivity index (χ4n) is 2.64. The van der Waals surface area contributed by atoms with Gasteiger partial charge in [-0.3, -0.25) is 9.48 Å². The third-order valence-corrected chi connectivity index (χ3v) is 3.77. The van der Waals surface area contributed by atoms with Gasteiger partial charge in [-0.1, -0.05) is 6.92 Å². The second-order valence-corrected chi connectivity index (χ2v) is 6.02. The van der Waals surface area contributed by atoms with Gasteiger partial charge in [0.2, 0.25) is 17.7 Å². The average Bonchev–Trinajstić information content (AvgIpc) is 3.21. The van der Waals surface area contributed by atoms with Crippen LogP contribution in [-0.2, 0) is 17.9 Å². The first-order chi connectivity index (χ1) is 13.0. The zero-order valence-electron chi connectivity index (χ0n) is 15.5. The Kier molecular flexibility index (Phi) is 5.34. The third-order valence-electron chi connectivity index (χ3n) is 3.77. The highest BCUT2D eigenvalue weighted by Gasteiger charge is 2.12. The Bertz CT molecular complexity index is 946. The SMILES string of the molecule is CCCn1nc(C)cc1NC(=O)Cn1cc(-c2cc(OC)nc(N)n2)cn1. The number of nitrogens with zero attached hydrogens (tertiary/aromatic N) is 6. The molecule has 3 heterocycles. The molecule has 3 rings (SSSR count). The molecule has 3 aromatic heterocycles. The number of ether oxygens (including phenoxy) is 1. The second kappa shape index (κ2) is 7.85. The van der Waals surface area contributed by atoms with E-state index in [1.807, 2.05) is 13.0 Å². The van der Waals surface area contributed by atoms with Gasteiger partial charge in [-0.05, 0) is 13.3 Å². The van der Waals surface area contributed by atoms with E-state index in [2.05, 4.69) is 32.4 Å². The van der Waals surface area contributed by atoms with E-state index in [4.69, 9.17) is 10.5 Å². The van der Waals surface area contributed by atoms with Crippen molar-refractivity contribution in [1.82, 2.24) is 29.5 Å². The van der Waals surface area contributed by atoms with Crippen LogP contribution in [0.15, 0.2) is 24.5 Å². The number of aromatic nitrogens is 6. The van der Waals surface area contributed by atoms with Crippen molar-refractivity contribution in [2.24, 2.45) is 0 Å². The van der Waals surface area contributed by atoms with Gasteiger partial charge in [-0.25, -0.2) is 9.67 Å². The van der Waals surface area contributed by atoms with E-state index < -0.39 is 0 Å². The van der Waals surface area contributed by atoms with Gasteiger partial charge < -0.3 is 15.8 Å². The molecule has 0 spiro atoms. The minimum Gasteiger partial charge on any atom is -0.481 e. The number of nitrogens with two attached hydrogens (primary N) is 1. The smallest absolute Gasteiger partial charge is 0.247 e. The second-order valence-electron chi connectivity index (χ2n) is 6.02. The lowest BCUT2D eigenvalue weighted by Gasteiger charge is -2.08. The van der Waals surface area contributed by atoms with Crippen molar-refractivity contribution >= 4 is 17.7 Å². The van der Waals surface area contributed by atoms with Crippen molar-refractivity contribution in [3.63, 3.8) is 0 Å². The molecule has 0 fully saturated rings. The van der Waals surface area contributed by atoms with Gasteiger partial charge in [-0.2, -0.15) is 15.2 Å². The lowest BCUT2D eigenvalue weighted by Crippen LogP contribution is -2.21. The first-order valence-electron chi connectivity index (χ1n) is 8.54. The van der Waals surface area contributed by atoms with Crippen LogP contribution in [-0.4, -0.2) is 42.5 Å². The predicted octanol–water partition coefficient (Wildman–Crippen LogP) is 1.48. The summed E-state index contributed by atoms with van der Waals surface area (Å²) >= 11 is 0. The van der Waals surface area contributed by atoms with Crippen LogP contribution in [0, 0.1) is 6.92 Å². The quantitative estimate of drug-likeness (QED) is 0.645. The molecule has 0 saturated carbocycles. The van der Waals surface area contributed by atoms with Crippen LogP contribution in [0.25, 0.3) is 11.3 Å². The number of carbonyl (C=O) groups is 1. The van der Waals surface area contributed by atoms with Crippen molar-refractivity contribution in [3.8, 4) is 17.1 Å². The summed E-state index contributed by atoms with van der Waals surface area (Å²) < 4.78 is 8.42. The van der Waals surface area contributed by atoms with Crippen LogP contribution in [0.2, 0.25) is 0 Å². The van der Waals surface area contributed by atoms with Crippen LogP contribution in [0.1, 0.15) is 19.0 Å². The van der Waals surface area contributed by atoms with Crippen LogP contribution in [0.5, 0.6) is 5.88 Å². The number of carbonyl (C=O) groups excluding carboxylic acids is 1. The van der Waals surface area contributed by atoms with E-state index in [1.54, 1.807) is 23.1 Å². The number of hydrogen-bond acceptors (Lipinski definition) is 7. The largest absolute Gasteiger partial charge is 0.481 e. The predicted molar refractivity (Wildman–Crippen MR) is 100 cm³/mol. The van der Waals surface area contributed by atoms with E-state index >= 15 is 0 Å². The highest BCUT2D eigenvalue weighted by Crippen LogP contribution is 2.21. The van der Waals surface area contributed by atoms with Gasteiger partial charge in [0.25, 0.3) is 0 Å². The van der Waals surface area contributed by atoms with Gasteiger partial charge in [-0.15, -0.1) is 0 Å². The number of amides is 1. The van der Waals surface area contributed by atoms with Gasteiger partial charge in [0.05, 0.1) is 24.7 Å². The molecule has 10 nitrogen and oxygen atoms in total. The average molecular weight is 370 g/mol. The molecule has 0 aliphatic carbocycles. The number of hydrogen-bond donors (Lipinski definition) is 2. The summed E-state index contributed by atoms with van der Waals surface area (Å²) in [5.41, 5.74) is 7.82. The Labute approximate surface area is 156 Å². The molecule has 1 amide bonds. The van der Waals surface area contributed by atoms with E-state index in [9.17, 15) is 4.79 Å². The minimum absolute atomic E-state index is 0.0635. The standard InChI is InChI=1S/C17H22N8O2/c1-4-5-25-14(6-11(2)23-25)21-15(26)10-24-9-12(8-19-24)13-7-16(27-3)22-17(18)20-13/h6-9H,4-5,10H2,1-3H3,(H,21,26)(H2,18,20,22). The number of aryl methyl sites for hydroxylation is 2. The first-order valence-corrected chi connectivity index (χ1v) is 8.54. The number of nitrogen functional groups attached to an aromatic ring is 1. The van der Waals surface area contributed by atoms with E-state index in [0.717, 1.165) is 18.7 Å². The molecular weight excluding hydrogens is 348 g/mol. The molecular formula is C17H22N8O2. The van der Waals surface area contributed by atoms with E-state index in [1.165, 1.54) is 11.8 Å². The maximum Gasteiger partial charge on any atom is 0.247 e. The summed E-state index contributed by atoms with van der Waals surface area (Å²) in [6.45, 7) is 4.76. The summed E-state index contributed by atoms with van der Waals surface area (Å²) in [7, 11) is 1.50. The zero-order chi connectivity index (χ0) is 19.4. The van der Waals surface area contributed by atoms with Gasteiger partial charge in [0, 0.05) is 30.4 Å². The Hall–Kier alpha value is -3.43. The normalized spacial score (nSPS) is 10.8. The fraction of sp³-hybridized carbons (Fsp3) is 0.353. The molecule has 142 valence electrons. The minimum atomic E-state index is -0.193. The highest BCUT2D eigenvalue weighted by molar-refractivity contribution is 5.89. The summed E-state index contributed by atoms with van der Waals surface area (Å²) in [6, 6.07) is 3.50. The molecule has 0 atom stereocenters. The lowest BCUT2D eigenvalue weighted by atomic mass is 10.2. The van der Waals surface area contributed by atoms with Crippen molar-refractivity contribution < 1.29 is 9.53 Å². The topological polar surface area (TPSA) is 126 Å². The molecule has 0 aliphatic rings. The first kappa shape index (κ1) is 18.4. The Balaban J connectivity index is 1.71. The van der Waals surface area contributed by atoms with Gasteiger partial charge in [0.1, 0.15) is 12.4 Å². The Morgan fingerprint density at radius 1 is 1.33 bits per heavy atom. The van der Waals surface area contributed by atoms with Gasteiger partial charge in [0.15, 0.2) is 0 Å². The summed E-state index contributed by atoms with van der Waals surface area (Å²) in [5, 5.41) is 11.5. The summed E-state index contributed by atoms with van der Waals surface area (Å²) in [6.07, 6.45) is 4.26. The molecule has 27 heavy (non-hydrogen) atoms. The molecule has 3 aromatic rings. The maximum atomic E-state index is 12.4.